The number of aromatic nitrogens is 3. The molecule has 0 spiro atoms. The van der Waals surface area contributed by atoms with Gasteiger partial charge in [0.2, 0.25) is 5.91 Å². The van der Waals surface area contributed by atoms with Crippen molar-refractivity contribution in [3.8, 4) is 0 Å². The fourth-order valence-corrected chi connectivity index (χ4v) is 2.37. The monoisotopic (exact) mass is 349 g/mol. The van der Waals surface area contributed by atoms with E-state index < -0.39 is 0 Å². The van der Waals surface area contributed by atoms with Gasteiger partial charge in [0.1, 0.15) is 0 Å². The summed E-state index contributed by atoms with van der Waals surface area (Å²) < 4.78 is 1.74. The van der Waals surface area contributed by atoms with Gasteiger partial charge in [0, 0.05) is 42.7 Å². The van der Waals surface area contributed by atoms with Crippen LogP contribution in [0.5, 0.6) is 0 Å². The van der Waals surface area contributed by atoms with Crippen LogP contribution in [0.3, 0.4) is 0 Å². The average molecular weight is 349 g/mol. The van der Waals surface area contributed by atoms with Gasteiger partial charge >= 0.3 is 0 Å². The largest absolute Gasteiger partial charge is 0.343 e. The lowest BCUT2D eigenvalue weighted by molar-refractivity contribution is -0.115. The van der Waals surface area contributed by atoms with Crippen molar-refractivity contribution >= 4 is 17.6 Å². The summed E-state index contributed by atoms with van der Waals surface area (Å²) in [5, 5.41) is 9.54. The molecule has 0 atom stereocenters. The van der Waals surface area contributed by atoms with E-state index >= 15 is 0 Å². The molecule has 2 aromatic heterocycles. The topological polar surface area (TPSA) is 88.9 Å². The van der Waals surface area contributed by atoms with E-state index in [0.29, 0.717) is 17.9 Å². The Kier molecular flexibility index (Phi) is 5.72. The second kappa shape index (κ2) is 8.57. The molecule has 0 fully saturated rings. The zero-order chi connectivity index (χ0) is 18.2. The summed E-state index contributed by atoms with van der Waals surface area (Å²) in [6, 6.07) is 16.2. The zero-order valence-corrected chi connectivity index (χ0v) is 14.1. The van der Waals surface area contributed by atoms with Crippen molar-refractivity contribution in [3.63, 3.8) is 0 Å². The number of carbonyl (C=O) groups excluding carboxylic acids is 2. The Morgan fingerprint density at radius 1 is 1.00 bits per heavy atom. The van der Waals surface area contributed by atoms with E-state index in [2.05, 4.69) is 20.7 Å². The molecule has 0 unspecified atom stereocenters. The fourth-order valence-electron chi connectivity index (χ4n) is 2.37. The molecule has 0 bridgehead atoms. The Morgan fingerprint density at radius 2 is 1.81 bits per heavy atom. The van der Waals surface area contributed by atoms with Gasteiger partial charge in [-0.2, -0.15) is 5.10 Å². The predicted octanol–water partition coefficient (Wildman–Crippen LogP) is 1.89. The van der Waals surface area contributed by atoms with Gasteiger partial charge in [0.25, 0.3) is 5.91 Å². The number of benzene rings is 1. The molecule has 2 heterocycles. The summed E-state index contributed by atoms with van der Waals surface area (Å²) in [6.45, 7) is 0.548. The smallest absolute Gasteiger partial charge is 0.251 e. The van der Waals surface area contributed by atoms with Crippen molar-refractivity contribution in [2.24, 2.45) is 0 Å². The zero-order valence-electron chi connectivity index (χ0n) is 14.1. The minimum atomic E-state index is -0.329. The Hall–Kier alpha value is -3.48. The molecule has 132 valence electrons. The standard InChI is InChI=1S/C19H19N5O2/c25-18(14-21-19(26)15-6-2-1-3-7-15)22-17-10-13-24(23-17)12-9-16-8-4-5-11-20-16/h1-8,10-11,13H,9,12,14H2,(H,21,26)(H,22,23,25). The van der Waals surface area contributed by atoms with Gasteiger partial charge in [-0.1, -0.05) is 24.3 Å². The highest BCUT2D eigenvalue weighted by molar-refractivity contribution is 5.98. The van der Waals surface area contributed by atoms with Gasteiger partial charge in [0.05, 0.1) is 6.54 Å². The SMILES string of the molecule is O=C(CNC(=O)c1ccccc1)Nc1ccn(CCc2ccccn2)n1. The third-order valence-electron chi connectivity index (χ3n) is 3.68. The minimum absolute atomic E-state index is 0.117. The van der Waals surface area contributed by atoms with Crippen LogP contribution in [0.4, 0.5) is 5.82 Å². The number of nitrogens with zero attached hydrogens (tertiary/aromatic N) is 3. The maximum atomic E-state index is 12.0. The molecule has 2 amide bonds. The van der Waals surface area contributed by atoms with Crippen molar-refractivity contribution < 1.29 is 9.59 Å². The van der Waals surface area contributed by atoms with Gasteiger partial charge in [-0.25, -0.2) is 0 Å². The van der Waals surface area contributed by atoms with Crippen LogP contribution >= 0.6 is 0 Å². The normalized spacial score (nSPS) is 10.3. The van der Waals surface area contributed by atoms with Crippen molar-refractivity contribution in [2.45, 2.75) is 13.0 Å². The van der Waals surface area contributed by atoms with Gasteiger partial charge in [-0.3, -0.25) is 19.3 Å². The molecule has 0 aliphatic carbocycles. The molecule has 0 aliphatic rings. The summed E-state index contributed by atoms with van der Waals surface area (Å²) in [7, 11) is 0. The summed E-state index contributed by atoms with van der Waals surface area (Å²) in [5.41, 5.74) is 1.50. The number of nitrogens with one attached hydrogen (secondary N) is 2. The summed E-state index contributed by atoms with van der Waals surface area (Å²) in [5.74, 6) is -0.170. The van der Waals surface area contributed by atoms with Crippen LogP contribution in [0.2, 0.25) is 0 Å². The second-order valence-electron chi connectivity index (χ2n) is 5.63. The molecular formula is C19H19N5O2. The van der Waals surface area contributed by atoms with Gasteiger partial charge < -0.3 is 10.6 Å². The van der Waals surface area contributed by atoms with Crippen LogP contribution in [0.25, 0.3) is 0 Å². The Morgan fingerprint density at radius 3 is 2.58 bits per heavy atom. The number of rotatable bonds is 7. The number of anilines is 1. The third kappa shape index (κ3) is 5.01. The van der Waals surface area contributed by atoms with Crippen LogP contribution in [0.1, 0.15) is 16.1 Å². The highest BCUT2D eigenvalue weighted by Gasteiger charge is 2.09. The molecule has 3 aromatic rings. The molecule has 0 aliphatic heterocycles. The lowest BCUT2D eigenvalue weighted by Crippen LogP contribution is -2.32. The number of amides is 2. The second-order valence-corrected chi connectivity index (χ2v) is 5.63. The molecule has 26 heavy (non-hydrogen) atoms. The van der Waals surface area contributed by atoms with E-state index in [1.54, 1.807) is 47.4 Å². The Labute approximate surface area is 151 Å². The first-order valence-electron chi connectivity index (χ1n) is 8.27. The molecule has 7 nitrogen and oxygen atoms in total. The Bertz CT molecular complexity index is 862. The van der Waals surface area contributed by atoms with Crippen molar-refractivity contribution in [1.29, 1.82) is 0 Å². The first-order valence-corrected chi connectivity index (χ1v) is 8.27. The average Bonchev–Trinajstić information content (AvgIpc) is 3.13. The number of pyridine rings is 1. The van der Waals surface area contributed by atoms with Crippen LogP contribution in [-0.2, 0) is 17.8 Å². The first-order chi connectivity index (χ1) is 12.7. The number of aryl methyl sites for hydroxylation is 2. The fraction of sp³-hybridized carbons (Fsp3) is 0.158. The molecule has 0 saturated heterocycles. The summed E-state index contributed by atoms with van der Waals surface area (Å²) in [6.07, 6.45) is 4.30. The van der Waals surface area contributed by atoms with Crippen LogP contribution in [-0.4, -0.2) is 33.1 Å². The molecule has 7 heteroatoms. The number of carbonyl (C=O) groups is 2. The lowest BCUT2D eigenvalue weighted by atomic mass is 10.2. The van der Waals surface area contributed by atoms with Crippen molar-refractivity contribution in [1.82, 2.24) is 20.1 Å². The molecule has 3 rings (SSSR count). The molecule has 0 saturated carbocycles. The van der Waals surface area contributed by atoms with E-state index in [1.165, 1.54) is 0 Å². The number of hydrogen-bond donors (Lipinski definition) is 2. The van der Waals surface area contributed by atoms with Crippen LogP contribution in [0, 0.1) is 0 Å². The van der Waals surface area contributed by atoms with Crippen LogP contribution in [0.15, 0.2) is 67.0 Å². The number of hydrogen-bond acceptors (Lipinski definition) is 4. The van der Waals surface area contributed by atoms with E-state index in [-0.39, 0.29) is 18.4 Å². The quantitative estimate of drug-likeness (QED) is 0.682. The Balaban J connectivity index is 1.44. The van der Waals surface area contributed by atoms with Gasteiger partial charge in [0.15, 0.2) is 5.82 Å². The predicted molar refractivity (Wildman–Crippen MR) is 97.6 cm³/mol. The molecule has 1 aromatic carbocycles. The van der Waals surface area contributed by atoms with Crippen molar-refractivity contribution in [3.05, 3.63) is 78.2 Å². The van der Waals surface area contributed by atoms with E-state index in [4.69, 9.17) is 0 Å². The lowest BCUT2D eigenvalue weighted by Gasteiger charge is -2.05. The maximum absolute atomic E-state index is 12.0. The highest BCUT2D eigenvalue weighted by Crippen LogP contribution is 2.04. The molecular weight excluding hydrogens is 330 g/mol. The van der Waals surface area contributed by atoms with E-state index in [1.807, 2.05) is 24.3 Å². The maximum Gasteiger partial charge on any atom is 0.251 e. The van der Waals surface area contributed by atoms with E-state index in [0.717, 1.165) is 12.1 Å². The first kappa shape index (κ1) is 17.3. The van der Waals surface area contributed by atoms with E-state index in [9.17, 15) is 9.59 Å². The third-order valence-corrected chi connectivity index (χ3v) is 3.68. The summed E-state index contributed by atoms with van der Waals surface area (Å²) >= 11 is 0. The van der Waals surface area contributed by atoms with Gasteiger partial charge in [-0.15, -0.1) is 0 Å². The van der Waals surface area contributed by atoms with Crippen molar-refractivity contribution in [2.75, 3.05) is 11.9 Å². The van der Waals surface area contributed by atoms with Crippen LogP contribution < -0.4 is 10.6 Å². The highest BCUT2D eigenvalue weighted by atomic mass is 16.2. The summed E-state index contributed by atoms with van der Waals surface area (Å²) in [4.78, 5) is 28.1. The molecule has 2 N–H and O–H groups in total. The van der Waals surface area contributed by atoms with Gasteiger partial charge in [-0.05, 0) is 24.3 Å². The minimum Gasteiger partial charge on any atom is -0.343 e. The molecule has 0 radical (unpaired) electrons.